The summed E-state index contributed by atoms with van der Waals surface area (Å²) in [6, 6.07) is 8.37. The van der Waals surface area contributed by atoms with Crippen LogP contribution in [0.1, 0.15) is 33.3 Å². The van der Waals surface area contributed by atoms with E-state index in [9.17, 15) is 4.79 Å². The van der Waals surface area contributed by atoms with E-state index in [1.54, 1.807) is 7.11 Å². The SMILES string of the molecule is COc1ccccc1CC(C)NC/C=C/CNC(=O)OC(C)(C)C. The van der Waals surface area contributed by atoms with E-state index in [4.69, 9.17) is 9.47 Å². The minimum Gasteiger partial charge on any atom is -0.496 e. The number of amides is 1. The highest BCUT2D eigenvalue weighted by Crippen LogP contribution is 2.18. The quantitative estimate of drug-likeness (QED) is 0.716. The molecule has 134 valence electrons. The topological polar surface area (TPSA) is 59.6 Å². The predicted molar refractivity (Wildman–Crippen MR) is 97.5 cm³/mol. The van der Waals surface area contributed by atoms with E-state index in [1.165, 1.54) is 5.56 Å². The molecular formula is C19H30N2O3. The third-order valence-corrected chi connectivity index (χ3v) is 3.23. The second-order valence-corrected chi connectivity index (χ2v) is 6.68. The first kappa shape index (κ1) is 20.0. The van der Waals surface area contributed by atoms with Crippen LogP contribution in [0.25, 0.3) is 0 Å². The number of nitrogens with one attached hydrogen (secondary N) is 2. The van der Waals surface area contributed by atoms with Gasteiger partial charge in [-0.3, -0.25) is 0 Å². The predicted octanol–water partition coefficient (Wildman–Crippen LogP) is 3.30. The van der Waals surface area contributed by atoms with Gasteiger partial charge < -0.3 is 20.1 Å². The zero-order chi connectivity index (χ0) is 18.0. The Hall–Kier alpha value is -2.01. The molecule has 2 N–H and O–H groups in total. The lowest BCUT2D eigenvalue weighted by atomic mass is 10.1. The van der Waals surface area contributed by atoms with Crippen molar-refractivity contribution in [2.24, 2.45) is 0 Å². The van der Waals surface area contributed by atoms with Gasteiger partial charge in [-0.15, -0.1) is 0 Å². The summed E-state index contributed by atoms with van der Waals surface area (Å²) in [5, 5.41) is 6.11. The van der Waals surface area contributed by atoms with Gasteiger partial charge in [-0.1, -0.05) is 30.4 Å². The molecule has 0 aliphatic heterocycles. The van der Waals surface area contributed by atoms with Crippen LogP contribution in [0.2, 0.25) is 0 Å². The van der Waals surface area contributed by atoms with Crippen molar-refractivity contribution in [3.63, 3.8) is 0 Å². The van der Waals surface area contributed by atoms with Gasteiger partial charge in [0.15, 0.2) is 0 Å². The molecule has 0 aliphatic rings. The van der Waals surface area contributed by atoms with Crippen LogP contribution in [0.4, 0.5) is 4.79 Å². The lowest BCUT2D eigenvalue weighted by molar-refractivity contribution is 0.0534. The van der Waals surface area contributed by atoms with Gasteiger partial charge in [0.25, 0.3) is 0 Å². The number of hydrogen-bond acceptors (Lipinski definition) is 4. The summed E-state index contributed by atoms with van der Waals surface area (Å²) in [7, 11) is 1.69. The number of para-hydroxylation sites is 1. The van der Waals surface area contributed by atoms with Gasteiger partial charge in [0.05, 0.1) is 7.11 Å². The van der Waals surface area contributed by atoms with E-state index >= 15 is 0 Å². The van der Waals surface area contributed by atoms with Crippen LogP contribution in [0.5, 0.6) is 5.75 Å². The van der Waals surface area contributed by atoms with E-state index in [-0.39, 0.29) is 0 Å². The minimum absolute atomic E-state index is 0.324. The van der Waals surface area contributed by atoms with Crippen LogP contribution in [-0.2, 0) is 11.2 Å². The molecule has 5 heteroatoms. The molecular weight excluding hydrogens is 304 g/mol. The lowest BCUT2D eigenvalue weighted by Gasteiger charge is -2.19. The Bertz CT molecular complexity index is 536. The van der Waals surface area contributed by atoms with Crippen molar-refractivity contribution in [3.05, 3.63) is 42.0 Å². The van der Waals surface area contributed by atoms with Crippen molar-refractivity contribution in [1.29, 1.82) is 0 Å². The number of alkyl carbamates (subject to hydrolysis) is 1. The van der Waals surface area contributed by atoms with Gasteiger partial charge in [0.1, 0.15) is 11.4 Å². The zero-order valence-corrected chi connectivity index (χ0v) is 15.4. The number of hydrogen-bond donors (Lipinski definition) is 2. The molecule has 1 aromatic rings. The maximum atomic E-state index is 11.5. The molecule has 0 saturated carbocycles. The minimum atomic E-state index is -0.469. The Labute approximate surface area is 145 Å². The molecule has 0 saturated heterocycles. The van der Waals surface area contributed by atoms with Crippen molar-refractivity contribution in [2.75, 3.05) is 20.2 Å². The molecule has 1 aromatic carbocycles. The molecule has 0 fully saturated rings. The molecule has 1 atom stereocenters. The van der Waals surface area contributed by atoms with Crippen LogP contribution >= 0.6 is 0 Å². The number of carbonyl (C=O) groups excluding carboxylic acids is 1. The van der Waals surface area contributed by atoms with Crippen molar-refractivity contribution < 1.29 is 14.3 Å². The van der Waals surface area contributed by atoms with Crippen LogP contribution in [0.3, 0.4) is 0 Å². The number of methoxy groups -OCH3 is 1. The molecule has 24 heavy (non-hydrogen) atoms. The molecule has 1 rings (SSSR count). The van der Waals surface area contributed by atoms with Crippen molar-refractivity contribution in [2.45, 2.75) is 45.8 Å². The van der Waals surface area contributed by atoms with E-state index in [1.807, 2.05) is 51.1 Å². The third-order valence-electron chi connectivity index (χ3n) is 3.23. The second-order valence-electron chi connectivity index (χ2n) is 6.68. The summed E-state index contributed by atoms with van der Waals surface area (Å²) < 4.78 is 10.5. The summed E-state index contributed by atoms with van der Waals surface area (Å²) in [6.45, 7) is 8.86. The molecule has 5 nitrogen and oxygen atoms in total. The highest BCUT2D eigenvalue weighted by molar-refractivity contribution is 5.67. The average Bonchev–Trinajstić information content (AvgIpc) is 2.49. The summed E-state index contributed by atoms with van der Waals surface area (Å²) in [6.07, 6.45) is 4.40. The Kier molecular flexibility index (Phi) is 8.33. The number of benzene rings is 1. The first-order valence-electron chi connectivity index (χ1n) is 8.29. The Balaban J connectivity index is 2.23. The zero-order valence-electron chi connectivity index (χ0n) is 15.4. The summed E-state index contributed by atoms with van der Waals surface area (Å²) in [4.78, 5) is 11.5. The van der Waals surface area contributed by atoms with Crippen LogP contribution < -0.4 is 15.4 Å². The molecule has 0 aliphatic carbocycles. The summed E-state index contributed by atoms with van der Waals surface area (Å²) in [5.41, 5.74) is 0.721. The maximum absolute atomic E-state index is 11.5. The van der Waals surface area contributed by atoms with E-state index < -0.39 is 11.7 Å². The second kappa shape index (κ2) is 9.98. The van der Waals surface area contributed by atoms with E-state index in [0.29, 0.717) is 12.6 Å². The van der Waals surface area contributed by atoms with Crippen molar-refractivity contribution in [1.82, 2.24) is 10.6 Å². The van der Waals surface area contributed by atoms with Gasteiger partial charge in [-0.05, 0) is 45.7 Å². The average molecular weight is 334 g/mol. The fourth-order valence-corrected chi connectivity index (χ4v) is 2.17. The normalized spacial score (nSPS) is 12.9. The van der Waals surface area contributed by atoms with Crippen LogP contribution in [0.15, 0.2) is 36.4 Å². The Morgan fingerprint density at radius 3 is 2.54 bits per heavy atom. The highest BCUT2D eigenvalue weighted by Gasteiger charge is 2.14. The van der Waals surface area contributed by atoms with Gasteiger partial charge in [-0.2, -0.15) is 0 Å². The standard InChI is InChI=1S/C19H30N2O3/c1-15(14-16-10-6-7-11-17(16)23-5)20-12-8-9-13-21-18(22)24-19(2,3)4/h6-11,15,20H,12-14H2,1-5H3,(H,21,22)/b9-8+. The molecule has 0 aromatic heterocycles. The first-order valence-corrected chi connectivity index (χ1v) is 8.29. The van der Waals surface area contributed by atoms with E-state index in [2.05, 4.69) is 23.6 Å². The van der Waals surface area contributed by atoms with Crippen LogP contribution in [-0.4, -0.2) is 37.9 Å². The van der Waals surface area contributed by atoms with Gasteiger partial charge in [0.2, 0.25) is 0 Å². The first-order chi connectivity index (χ1) is 11.3. The lowest BCUT2D eigenvalue weighted by Crippen LogP contribution is -2.32. The highest BCUT2D eigenvalue weighted by atomic mass is 16.6. The molecule has 0 heterocycles. The largest absolute Gasteiger partial charge is 0.496 e. The molecule has 0 spiro atoms. The van der Waals surface area contributed by atoms with Crippen molar-refractivity contribution >= 4 is 6.09 Å². The van der Waals surface area contributed by atoms with E-state index in [0.717, 1.165) is 18.7 Å². The molecule has 1 amide bonds. The summed E-state index contributed by atoms with van der Waals surface area (Å²) in [5.74, 6) is 0.920. The molecule has 0 bridgehead atoms. The third kappa shape index (κ3) is 8.58. The number of ether oxygens (including phenoxy) is 2. The Morgan fingerprint density at radius 1 is 1.21 bits per heavy atom. The van der Waals surface area contributed by atoms with Crippen LogP contribution in [0, 0.1) is 0 Å². The fourth-order valence-electron chi connectivity index (χ4n) is 2.17. The summed E-state index contributed by atoms with van der Waals surface area (Å²) >= 11 is 0. The molecule has 0 radical (unpaired) electrons. The van der Waals surface area contributed by atoms with Gasteiger partial charge >= 0.3 is 6.09 Å². The molecule has 1 unspecified atom stereocenters. The van der Waals surface area contributed by atoms with Gasteiger partial charge in [0, 0.05) is 19.1 Å². The monoisotopic (exact) mass is 334 g/mol. The number of carbonyl (C=O) groups is 1. The fraction of sp³-hybridized carbons (Fsp3) is 0.526. The maximum Gasteiger partial charge on any atom is 0.407 e. The Morgan fingerprint density at radius 2 is 1.88 bits per heavy atom. The van der Waals surface area contributed by atoms with Gasteiger partial charge in [-0.25, -0.2) is 4.79 Å². The number of rotatable bonds is 8. The van der Waals surface area contributed by atoms with Crippen molar-refractivity contribution in [3.8, 4) is 5.75 Å². The smallest absolute Gasteiger partial charge is 0.407 e.